The molecule has 0 saturated carbocycles. The second kappa shape index (κ2) is 7.73. The fraction of sp³-hybridized carbons (Fsp3) is 0.167. The van der Waals surface area contributed by atoms with Crippen molar-refractivity contribution in [3.63, 3.8) is 0 Å². The van der Waals surface area contributed by atoms with Gasteiger partial charge in [0.25, 0.3) is 0 Å². The van der Waals surface area contributed by atoms with E-state index in [2.05, 4.69) is 15.4 Å². The van der Waals surface area contributed by atoms with Gasteiger partial charge in [-0.05, 0) is 23.4 Å². The first-order valence-corrected chi connectivity index (χ1v) is 8.09. The maximum Gasteiger partial charge on any atom is 0.248 e. The number of hydrogen-bond acceptors (Lipinski definition) is 5. The smallest absolute Gasteiger partial charge is 0.248 e. The van der Waals surface area contributed by atoms with E-state index in [9.17, 15) is 14.0 Å². The zero-order valence-electron chi connectivity index (χ0n) is 14.5. The van der Waals surface area contributed by atoms with Crippen LogP contribution < -0.4 is 5.73 Å². The van der Waals surface area contributed by atoms with Crippen LogP contribution in [0.2, 0.25) is 0 Å². The summed E-state index contributed by atoms with van der Waals surface area (Å²) in [5.74, 6) is -0.860. The van der Waals surface area contributed by atoms with E-state index in [0.717, 1.165) is 4.80 Å². The van der Waals surface area contributed by atoms with Crippen LogP contribution >= 0.6 is 0 Å². The Labute approximate surface area is 154 Å². The lowest BCUT2D eigenvalue weighted by atomic mass is 10.1. The van der Waals surface area contributed by atoms with Gasteiger partial charge in [-0.3, -0.25) is 9.59 Å². The molecule has 9 heteroatoms. The predicted molar refractivity (Wildman–Crippen MR) is 94.6 cm³/mol. The molecule has 0 fully saturated rings. The SMILES string of the molecule is CN(Cc1ccccc1F)C(=O)Cn1nnc(-c2ccc(C(N)=O)cc2)n1. The Hall–Kier alpha value is -3.62. The second-order valence-electron chi connectivity index (χ2n) is 5.93. The van der Waals surface area contributed by atoms with Gasteiger partial charge in [-0.2, -0.15) is 4.80 Å². The standard InChI is InChI=1S/C18H17FN6O2/c1-24(10-14-4-2-3-5-15(14)19)16(26)11-25-22-18(21-23-25)13-8-6-12(7-9-13)17(20)27/h2-9H,10-11H2,1H3,(H2,20,27). The summed E-state index contributed by atoms with van der Waals surface area (Å²) >= 11 is 0. The molecular formula is C18H17FN6O2. The van der Waals surface area contributed by atoms with Crippen LogP contribution in [0, 0.1) is 5.82 Å². The first-order chi connectivity index (χ1) is 12.9. The van der Waals surface area contributed by atoms with Gasteiger partial charge < -0.3 is 10.6 Å². The van der Waals surface area contributed by atoms with E-state index in [1.54, 1.807) is 49.5 Å². The molecule has 0 spiro atoms. The number of carbonyl (C=O) groups is 2. The molecule has 3 aromatic rings. The molecule has 27 heavy (non-hydrogen) atoms. The Morgan fingerprint density at radius 2 is 1.85 bits per heavy atom. The van der Waals surface area contributed by atoms with E-state index in [1.807, 2.05) is 0 Å². The Morgan fingerprint density at radius 1 is 1.15 bits per heavy atom. The minimum atomic E-state index is -0.526. The molecule has 0 aliphatic carbocycles. The summed E-state index contributed by atoms with van der Waals surface area (Å²) in [7, 11) is 1.58. The zero-order chi connectivity index (χ0) is 19.4. The summed E-state index contributed by atoms with van der Waals surface area (Å²) in [5.41, 5.74) is 6.64. The number of amides is 2. The Balaban J connectivity index is 1.65. The third-order valence-corrected chi connectivity index (χ3v) is 3.95. The van der Waals surface area contributed by atoms with Crippen molar-refractivity contribution in [3.05, 3.63) is 65.5 Å². The van der Waals surface area contributed by atoms with Gasteiger partial charge in [0.1, 0.15) is 12.4 Å². The van der Waals surface area contributed by atoms with Gasteiger partial charge in [0.2, 0.25) is 17.6 Å². The summed E-state index contributed by atoms with van der Waals surface area (Å²) in [6.45, 7) is 0.0129. The molecule has 0 unspecified atom stereocenters. The minimum Gasteiger partial charge on any atom is -0.366 e. The lowest BCUT2D eigenvalue weighted by Crippen LogP contribution is -2.30. The normalized spacial score (nSPS) is 10.6. The molecule has 0 radical (unpaired) electrons. The molecule has 138 valence electrons. The molecule has 0 aliphatic rings. The highest BCUT2D eigenvalue weighted by molar-refractivity contribution is 5.93. The molecule has 1 aromatic heterocycles. The van der Waals surface area contributed by atoms with Crippen LogP contribution in [-0.4, -0.2) is 44.0 Å². The Morgan fingerprint density at radius 3 is 2.52 bits per heavy atom. The number of aromatic nitrogens is 4. The van der Waals surface area contributed by atoms with Gasteiger partial charge in [0.05, 0.1) is 0 Å². The van der Waals surface area contributed by atoms with Gasteiger partial charge in [0, 0.05) is 30.3 Å². The number of nitrogens with two attached hydrogens (primary N) is 1. The zero-order valence-corrected chi connectivity index (χ0v) is 14.5. The number of rotatable bonds is 6. The molecule has 0 aliphatic heterocycles. The molecule has 2 N–H and O–H groups in total. The summed E-state index contributed by atoms with van der Waals surface area (Å²) in [6.07, 6.45) is 0. The van der Waals surface area contributed by atoms with Gasteiger partial charge in [-0.15, -0.1) is 10.2 Å². The highest BCUT2D eigenvalue weighted by Gasteiger charge is 2.15. The van der Waals surface area contributed by atoms with Crippen LogP contribution in [0.5, 0.6) is 0 Å². The number of tetrazole rings is 1. The third kappa shape index (κ3) is 4.32. The molecular weight excluding hydrogens is 351 g/mol. The molecule has 8 nitrogen and oxygen atoms in total. The van der Waals surface area contributed by atoms with Crippen LogP contribution in [0.3, 0.4) is 0 Å². The first kappa shape index (κ1) is 18.2. The highest BCUT2D eigenvalue weighted by atomic mass is 19.1. The number of primary amides is 1. The molecule has 2 aromatic carbocycles. The second-order valence-corrected chi connectivity index (χ2v) is 5.93. The Bertz CT molecular complexity index is 970. The fourth-order valence-electron chi connectivity index (χ4n) is 2.42. The van der Waals surface area contributed by atoms with Crippen LogP contribution in [0.15, 0.2) is 48.5 Å². The Kier molecular flexibility index (Phi) is 5.20. The van der Waals surface area contributed by atoms with E-state index in [0.29, 0.717) is 22.5 Å². The van der Waals surface area contributed by atoms with Gasteiger partial charge in [-0.25, -0.2) is 4.39 Å². The number of hydrogen-bond donors (Lipinski definition) is 1. The molecule has 2 amide bonds. The average molecular weight is 368 g/mol. The maximum absolute atomic E-state index is 13.7. The molecule has 0 atom stereocenters. The minimum absolute atomic E-state index is 0.128. The largest absolute Gasteiger partial charge is 0.366 e. The number of benzene rings is 2. The van der Waals surface area contributed by atoms with Crippen LogP contribution in [0.25, 0.3) is 11.4 Å². The highest BCUT2D eigenvalue weighted by Crippen LogP contribution is 2.14. The topological polar surface area (TPSA) is 107 Å². The first-order valence-electron chi connectivity index (χ1n) is 8.09. The van der Waals surface area contributed by atoms with Crippen LogP contribution in [0.1, 0.15) is 15.9 Å². The summed E-state index contributed by atoms with van der Waals surface area (Å²) in [4.78, 5) is 26.0. The van der Waals surface area contributed by atoms with Crippen molar-refractivity contribution in [2.24, 2.45) is 5.73 Å². The van der Waals surface area contributed by atoms with Crippen molar-refractivity contribution in [1.29, 1.82) is 0 Å². The van der Waals surface area contributed by atoms with Gasteiger partial charge in [-0.1, -0.05) is 30.3 Å². The number of likely N-dealkylation sites (N-methyl/N-ethyl adjacent to an activating group) is 1. The third-order valence-electron chi connectivity index (χ3n) is 3.95. The molecule has 0 bridgehead atoms. The van der Waals surface area contributed by atoms with E-state index >= 15 is 0 Å². The van der Waals surface area contributed by atoms with Crippen LogP contribution in [0.4, 0.5) is 4.39 Å². The lowest BCUT2D eigenvalue weighted by molar-refractivity contribution is -0.131. The van der Waals surface area contributed by atoms with E-state index in [4.69, 9.17) is 5.73 Å². The van der Waals surface area contributed by atoms with E-state index in [1.165, 1.54) is 11.0 Å². The quantitative estimate of drug-likeness (QED) is 0.704. The number of carbonyl (C=O) groups excluding carboxylic acids is 2. The lowest BCUT2D eigenvalue weighted by Gasteiger charge is -2.17. The van der Waals surface area contributed by atoms with Crippen molar-refractivity contribution in [2.45, 2.75) is 13.1 Å². The predicted octanol–water partition coefficient (Wildman–Crippen LogP) is 1.24. The molecule has 0 saturated heterocycles. The van der Waals surface area contributed by atoms with E-state index < -0.39 is 5.91 Å². The van der Waals surface area contributed by atoms with Gasteiger partial charge >= 0.3 is 0 Å². The van der Waals surface area contributed by atoms with Crippen molar-refractivity contribution in [3.8, 4) is 11.4 Å². The monoisotopic (exact) mass is 368 g/mol. The summed E-state index contributed by atoms with van der Waals surface area (Å²) < 4.78 is 13.7. The fourth-order valence-corrected chi connectivity index (χ4v) is 2.42. The molecule has 3 rings (SSSR count). The number of halogens is 1. The van der Waals surface area contributed by atoms with Gasteiger partial charge in [0.15, 0.2) is 0 Å². The molecule has 1 heterocycles. The van der Waals surface area contributed by atoms with Crippen LogP contribution in [-0.2, 0) is 17.9 Å². The maximum atomic E-state index is 13.7. The number of nitrogens with zero attached hydrogens (tertiary/aromatic N) is 5. The summed E-state index contributed by atoms with van der Waals surface area (Å²) in [5, 5.41) is 11.9. The summed E-state index contributed by atoms with van der Waals surface area (Å²) in [6, 6.07) is 12.7. The van der Waals surface area contributed by atoms with Crippen molar-refractivity contribution >= 4 is 11.8 Å². The van der Waals surface area contributed by atoms with E-state index in [-0.39, 0.29) is 24.8 Å². The van der Waals surface area contributed by atoms with Crippen molar-refractivity contribution in [2.75, 3.05) is 7.05 Å². The van der Waals surface area contributed by atoms with Crippen molar-refractivity contribution in [1.82, 2.24) is 25.1 Å². The van der Waals surface area contributed by atoms with Crippen molar-refractivity contribution < 1.29 is 14.0 Å². The average Bonchev–Trinajstić information content (AvgIpc) is 3.12.